The summed E-state index contributed by atoms with van der Waals surface area (Å²) >= 11 is 0. The molecule has 162 valence electrons. The third-order valence-corrected chi connectivity index (χ3v) is 6.07. The fourth-order valence-electron chi connectivity index (χ4n) is 4.28. The predicted molar refractivity (Wildman–Crippen MR) is 126 cm³/mol. The van der Waals surface area contributed by atoms with Gasteiger partial charge in [-0.3, -0.25) is 9.36 Å². The fourth-order valence-corrected chi connectivity index (χ4v) is 4.28. The summed E-state index contributed by atoms with van der Waals surface area (Å²) in [7, 11) is 0. The molecule has 1 fully saturated rings. The Hall–Kier alpha value is -3.74. The maximum atomic E-state index is 12.4. The molecule has 2 aromatic heterocycles. The highest BCUT2D eigenvalue weighted by molar-refractivity contribution is 5.94. The third-order valence-electron chi connectivity index (χ3n) is 6.07. The highest BCUT2D eigenvalue weighted by Crippen LogP contribution is 2.27. The van der Waals surface area contributed by atoms with Crippen LogP contribution in [0.15, 0.2) is 67.1 Å². The topological polar surface area (TPSA) is 84.7 Å². The monoisotopic (exact) mass is 426 g/mol. The number of anilines is 2. The molecule has 0 aliphatic heterocycles. The van der Waals surface area contributed by atoms with Crippen molar-refractivity contribution in [1.29, 1.82) is 0 Å². The molecule has 1 amide bonds. The van der Waals surface area contributed by atoms with E-state index < -0.39 is 0 Å². The second-order valence-electron chi connectivity index (χ2n) is 8.30. The van der Waals surface area contributed by atoms with Crippen molar-refractivity contribution in [2.75, 3.05) is 10.6 Å². The minimum absolute atomic E-state index is 0.0806. The molecule has 0 unspecified atom stereocenters. The van der Waals surface area contributed by atoms with Crippen LogP contribution in [0, 0.1) is 5.92 Å². The first-order valence-corrected chi connectivity index (χ1v) is 11.1. The molecule has 2 N–H and O–H groups in total. The molecule has 0 radical (unpaired) electrons. The van der Waals surface area contributed by atoms with Crippen molar-refractivity contribution in [3.8, 4) is 5.82 Å². The lowest BCUT2D eigenvalue weighted by Crippen LogP contribution is -2.20. The average molecular weight is 427 g/mol. The Balaban J connectivity index is 1.35. The van der Waals surface area contributed by atoms with Crippen molar-refractivity contribution in [3.63, 3.8) is 0 Å². The van der Waals surface area contributed by atoms with Gasteiger partial charge < -0.3 is 10.6 Å². The van der Waals surface area contributed by atoms with Crippen LogP contribution in [0.1, 0.15) is 44.2 Å². The van der Waals surface area contributed by atoms with Crippen molar-refractivity contribution in [3.05, 3.63) is 72.7 Å². The quantitative estimate of drug-likeness (QED) is 0.447. The van der Waals surface area contributed by atoms with Gasteiger partial charge >= 0.3 is 0 Å². The normalized spacial score (nSPS) is 15.0. The van der Waals surface area contributed by atoms with E-state index in [4.69, 9.17) is 0 Å². The molecule has 2 heterocycles. The number of rotatable bonds is 6. The van der Waals surface area contributed by atoms with Gasteiger partial charge in [-0.15, -0.1) is 0 Å². The Kier molecular flexibility index (Phi) is 5.54. The Bertz CT molecular complexity index is 1230. The number of hydrogen-bond acceptors (Lipinski definition) is 5. The van der Waals surface area contributed by atoms with Crippen LogP contribution in [-0.2, 0) is 4.79 Å². The summed E-state index contributed by atoms with van der Waals surface area (Å²) in [6, 6.07) is 17.9. The van der Waals surface area contributed by atoms with Gasteiger partial charge in [-0.25, -0.2) is 9.97 Å². The fraction of sp³-hybridized carbons (Fsp3) is 0.280. The Labute approximate surface area is 186 Å². The van der Waals surface area contributed by atoms with Gasteiger partial charge in [0.1, 0.15) is 12.1 Å². The number of nitrogens with zero attached hydrogens (tertiary/aromatic N) is 4. The minimum Gasteiger partial charge on any atom is -0.348 e. The highest BCUT2D eigenvalue weighted by atomic mass is 16.1. The molecule has 7 heteroatoms. The maximum Gasteiger partial charge on any atom is 0.227 e. The number of hydrogen-bond donors (Lipinski definition) is 2. The standard InChI is InChI=1S/C25H26N6O/c1-17(18-7-3-2-4-8-18)28-25-26-14-13-23(30-25)31-16-27-21-15-20(11-12-22(21)31)29-24(32)19-9-5-6-10-19/h2-4,7-8,11-17,19H,5-6,9-10H2,1H3,(H,29,32)(H,26,28,30)/t17-/m0/s1. The molecular formula is C25H26N6O. The lowest BCUT2D eigenvalue weighted by molar-refractivity contribution is -0.119. The van der Waals surface area contributed by atoms with Gasteiger partial charge in [-0.2, -0.15) is 4.98 Å². The van der Waals surface area contributed by atoms with Gasteiger partial charge in [0.25, 0.3) is 0 Å². The molecule has 0 spiro atoms. The molecule has 1 atom stereocenters. The van der Waals surface area contributed by atoms with E-state index in [1.807, 2.05) is 47.0 Å². The number of carbonyl (C=O) groups is 1. The lowest BCUT2D eigenvalue weighted by atomic mass is 10.1. The highest BCUT2D eigenvalue weighted by Gasteiger charge is 2.22. The van der Waals surface area contributed by atoms with Crippen LogP contribution < -0.4 is 10.6 Å². The largest absolute Gasteiger partial charge is 0.348 e. The van der Waals surface area contributed by atoms with Gasteiger partial charge in [0.05, 0.1) is 17.1 Å². The molecule has 4 aromatic rings. The number of aromatic nitrogens is 4. The van der Waals surface area contributed by atoms with Crippen LogP contribution in [0.4, 0.5) is 11.6 Å². The summed E-state index contributed by atoms with van der Waals surface area (Å²) in [5.74, 6) is 1.53. The Morgan fingerprint density at radius 1 is 1.06 bits per heavy atom. The Morgan fingerprint density at radius 2 is 1.88 bits per heavy atom. The average Bonchev–Trinajstić information content (AvgIpc) is 3.50. The smallest absolute Gasteiger partial charge is 0.227 e. The SMILES string of the molecule is C[C@H](Nc1nccc(-n2cnc3cc(NC(=O)C4CCCC4)ccc32)n1)c1ccccc1. The molecule has 1 aliphatic rings. The predicted octanol–water partition coefficient (Wildman–Crippen LogP) is 5.12. The van der Waals surface area contributed by atoms with Crippen LogP contribution in [0.5, 0.6) is 0 Å². The molecule has 1 aliphatic carbocycles. The van der Waals surface area contributed by atoms with Crippen LogP contribution in [0.2, 0.25) is 0 Å². The lowest BCUT2D eigenvalue weighted by Gasteiger charge is -2.14. The van der Waals surface area contributed by atoms with Gasteiger partial charge in [-0.1, -0.05) is 43.2 Å². The first-order chi connectivity index (χ1) is 15.7. The summed E-state index contributed by atoms with van der Waals surface area (Å²) < 4.78 is 1.93. The zero-order chi connectivity index (χ0) is 21.9. The molecule has 32 heavy (non-hydrogen) atoms. The zero-order valence-electron chi connectivity index (χ0n) is 18.0. The second kappa shape index (κ2) is 8.78. The van der Waals surface area contributed by atoms with E-state index >= 15 is 0 Å². The van der Waals surface area contributed by atoms with E-state index in [9.17, 15) is 4.79 Å². The molecule has 1 saturated carbocycles. The van der Waals surface area contributed by atoms with Gasteiger partial charge in [0.2, 0.25) is 11.9 Å². The van der Waals surface area contributed by atoms with E-state index in [0.29, 0.717) is 5.95 Å². The van der Waals surface area contributed by atoms with E-state index in [1.165, 1.54) is 5.56 Å². The van der Waals surface area contributed by atoms with Gasteiger partial charge in [-0.05, 0) is 49.6 Å². The summed E-state index contributed by atoms with van der Waals surface area (Å²) in [6.07, 6.45) is 7.73. The van der Waals surface area contributed by atoms with E-state index in [0.717, 1.165) is 48.2 Å². The van der Waals surface area contributed by atoms with E-state index in [1.54, 1.807) is 12.5 Å². The molecule has 5 rings (SSSR count). The van der Waals surface area contributed by atoms with Crippen LogP contribution >= 0.6 is 0 Å². The van der Waals surface area contributed by atoms with Crippen molar-refractivity contribution in [2.45, 2.75) is 38.6 Å². The van der Waals surface area contributed by atoms with Gasteiger partial charge in [0.15, 0.2) is 0 Å². The van der Waals surface area contributed by atoms with Crippen LogP contribution in [0.3, 0.4) is 0 Å². The van der Waals surface area contributed by atoms with Crippen molar-refractivity contribution in [2.24, 2.45) is 5.92 Å². The summed E-state index contributed by atoms with van der Waals surface area (Å²) in [6.45, 7) is 2.08. The second-order valence-corrected chi connectivity index (χ2v) is 8.30. The van der Waals surface area contributed by atoms with Crippen molar-refractivity contribution in [1.82, 2.24) is 19.5 Å². The number of benzene rings is 2. The first kappa shape index (κ1) is 20.2. The Morgan fingerprint density at radius 3 is 2.69 bits per heavy atom. The molecule has 2 aromatic carbocycles. The first-order valence-electron chi connectivity index (χ1n) is 11.1. The third kappa shape index (κ3) is 4.19. The number of fused-ring (bicyclic) bond motifs is 1. The van der Waals surface area contributed by atoms with Gasteiger partial charge in [0, 0.05) is 17.8 Å². The van der Waals surface area contributed by atoms with Crippen LogP contribution in [0.25, 0.3) is 16.9 Å². The zero-order valence-corrected chi connectivity index (χ0v) is 18.0. The van der Waals surface area contributed by atoms with Crippen LogP contribution in [-0.4, -0.2) is 25.4 Å². The summed E-state index contributed by atoms with van der Waals surface area (Å²) in [5.41, 5.74) is 3.67. The maximum absolute atomic E-state index is 12.4. The molecule has 0 bridgehead atoms. The van der Waals surface area contributed by atoms with E-state index in [-0.39, 0.29) is 17.9 Å². The number of imidazole rings is 1. The number of nitrogens with one attached hydrogen (secondary N) is 2. The number of carbonyl (C=O) groups excluding carboxylic acids is 1. The van der Waals surface area contributed by atoms with Crippen molar-refractivity contribution >= 4 is 28.6 Å². The van der Waals surface area contributed by atoms with E-state index in [2.05, 4.69) is 44.6 Å². The summed E-state index contributed by atoms with van der Waals surface area (Å²) in [5, 5.41) is 6.41. The summed E-state index contributed by atoms with van der Waals surface area (Å²) in [4.78, 5) is 26.0. The molecule has 7 nitrogen and oxygen atoms in total. The molecule has 0 saturated heterocycles. The minimum atomic E-state index is 0.0806. The molecular weight excluding hydrogens is 400 g/mol. The van der Waals surface area contributed by atoms with Crippen molar-refractivity contribution < 1.29 is 4.79 Å². The number of amides is 1.